The average Bonchev–Trinajstić information content (AvgIpc) is 2.99. The van der Waals surface area contributed by atoms with Crippen LogP contribution in [0.4, 0.5) is 0 Å². The van der Waals surface area contributed by atoms with E-state index in [1.54, 1.807) is 0 Å². The fraction of sp³-hybridized carbons (Fsp3) is 0.125. The molecule has 0 aliphatic carbocycles. The van der Waals surface area contributed by atoms with Gasteiger partial charge in [0.1, 0.15) is 0 Å². The first-order valence-electron chi connectivity index (χ1n) is 6.51. The highest BCUT2D eigenvalue weighted by Gasteiger charge is 2.15. The summed E-state index contributed by atoms with van der Waals surface area (Å²) in [6, 6.07) is 19.5. The summed E-state index contributed by atoms with van der Waals surface area (Å²) in [4.78, 5) is 4.37. The van der Waals surface area contributed by atoms with Crippen molar-refractivity contribution in [2.45, 2.75) is 12.5 Å². The highest BCUT2D eigenvalue weighted by atomic mass is 16.5. The molecule has 0 spiro atoms. The van der Waals surface area contributed by atoms with Crippen LogP contribution in [0.5, 0.6) is 0 Å². The molecular formula is C16H15N3O. The van der Waals surface area contributed by atoms with Gasteiger partial charge in [-0.2, -0.15) is 4.98 Å². The zero-order valence-corrected chi connectivity index (χ0v) is 10.9. The molecule has 0 aliphatic heterocycles. The molecule has 0 saturated heterocycles. The van der Waals surface area contributed by atoms with Gasteiger partial charge in [0.25, 0.3) is 0 Å². The molecule has 2 aromatic carbocycles. The Morgan fingerprint density at radius 3 is 2.30 bits per heavy atom. The summed E-state index contributed by atoms with van der Waals surface area (Å²) in [6.07, 6.45) is 0.678. The predicted molar refractivity (Wildman–Crippen MR) is 76.8 cm³/mol. The molecule has 0 fully saturated rings. The van der Waals surface area contributed by atoms with Crippen LogP contribution in [0.1, 0.15) is 17.5 Å². The predicted octanol–water partition coefficient (Wildman–Crippen LogP) is 2.98. The van der Waals surface area contributed by atoms with Crippen molar-refractivity contribution in [3.8, 4) is 11.4 Å². The molecular weight excluding hydrogens is 250 g/mol. The number of hydrogen-bond donors (Lipinski definition) is 1. The van der Waals surface area contributed by atoms with Gasteiger partial charge in [-0.05, 0) is 12.0 Å². The second-order valence-corrected chi connectivity index (χ2v) is 4.62. The zero-order valence-electron chi connectivity index (χ0n) is 10.9. The van der Waals surface area contributed by atoms with Crippen LogP contribution in [0.3, 0.4) is 0 Å². The van der Waals surface area contributed by atoms with Crippen LogP contribution in [0.15, 0.2) is 65.2 Å². The van der Waals surface area contributed by atoms with Gasteiger partial charge < -0.3 is 10.3 Å². The molecule has 0 bridgehead atoms. The summed E-state index contributed by atoms with van der Waals surface area (Å²) in [6.45, 7) is 0. The quantitative estimate of drug-likeness (QED) is 0.787. The summed E-state index contributed by atoms with van der Waals surface area (Å²) < 4.78 is 5.27. The van der Waals surface area contributed by atoms with Gasteiger partial charge in [-0.1, -0.05) is 65.8 Å². The van der Waals surface area contributed by atoms with Crippen molar-refractivity contribution in [2.75, 3.05) is 0 Å². The molecule has 0 unspecified atom stereocenters. The van der Waals surface area contributed by atoms with Crippen molar-refractivity contribution in [1.29, 1.82) is 0 Å². The number of hydrogen-bond acceptors (Lipinski definition) is 4. The van der Waals surface area contributed by atoms with E-state index in [0.717, 1.165) is 11.1 Å². The maximum atomic E-state index is 6.12. The molecule has 1 heterocycles. The van der Waals surface area contributed by atoms with Crippen molar-refractivity contribution >= 4 is 0 Å². The van der Waals surface area contributed by atoms with E-state index in [0.29, 0.717) is 18.1 Å². The molecule has 0 amide bonds. The van der Waals surface area contributed by atoms with E-state index in [1.165, 1.54) is 0 Å². The molecule has 3 aromatic rings. The number of rotatable bonds is 4. The Bertz CT molecular complexity index is 664. The Morgan fingerprint density at radius 2 is 1.60 bits per heavy atom. The molecule has 0 radical (unpaired) electrons. The lowest BCUT2D eigenvalue weighted by Crippen LogP contribution is -2.13. The van der Waals surface area contributed by atoms with Crippen molar-refractivity contribution < 1.29 is 4.52 Å². The van der Waals surface area contributed by atoms with Crippen molar-refractivity contribution in [3.63, 3.8) is 0 Å². The minimum atomic E-state index is -0.289. The maximum Gasteiger partial charge on any atom is 0.244 e. The fourth-order valence-electron chi connectivity index (χ4n) is 2.05. The minimum Gasteiger partial charge on any atom is -0.337 e. The Balaban J connectivity index is 1.77. The van der Waals surface area contributed by atoms with E-state index in [9.17, 15) is 0 Å². The Hall–Kier alpha value is -2.46. The van der Waals surface area contributed by atoms with Crippen molar-refractivity contribution in [3.05, 3.63) is 72.1 Å². The van der Waals surface area contributed by atoms with Gasteiger partial charge in [0.2, 0.25) is 11.7 Å². The highest BCUT2D eigenvalue weighted by molar-refractivity contribution is 5.53. The molecule has 4 nitrogen and oxygen atoms in total. The van der Waals surface area contributed by atoms with Gasteiger partial charge in [-0.15, -0.1) is 0 Å². The normalized spacial score (nSPS) is 12.2. The average molecular weight is 265 g/mol. The van der Waals surface area contributed by atoms with Crippen LogP contribution in [-0.2, 0) is 6.42 Å². The summed E-state index contributed by atoms with van der Waals surface area (Å²) >= 11 is 0. The number of aromatic nitrogens is 2. The molecule has 2 N–H and O–H groups in total. The summed E-state index contributed by atoms with van der Waals surface area (Å²) in [7, 11) is 0. The summed E-state index contributed by atoms with van der Waals surface area (Å²) in [5.74, 6) is 1.04. The number of benzene rings is 2. The fourth-order valence-corrected chi connectivity index (χ4v) is 2.05. The first kappa shape index (κ1) is 12.6. The Morgan fingerprint density at radius 1 is 0.950 bits per heavy atom. The lowest BCUT2D eigenvalue weighted by molar-refractivity contribution is 0.354. The second-order valence-electron chi connectivity index (χ2n) is 4.62. The van der Waals surface area contributed by atoms with E-state index in [-0.39, 0.29) is 6.04 Å². The van der Waals surface area contributed by atoms with Gasteiger partial charge in [0.15, 0.2) is 0 Å². The number of nitrogens with two attached hydrogens (primary N) is 1. The molecule has 0 aliphatic rings. The maximum absolute atomic E-state index is 6.12. The summed E-state index contributed by atoms with van der Waals surface area (Å²) in [5.41, 5.74) is 8.20. The van der Waals surface area contributed by atoms with Crippen LogP contribution in [0, 0.1) is 0 Å². The van der Waals surface area contributed by atoms with Crippen LogP contribution in [0.25, 0.3) is 11.4 Å². The SMILES string of the molecule is N[C@H](Cc1ccccc1)c1nc(-c2ccccc2)no1. The third kappa shape index (κ3) is 2.75. The lowest BCUT2D eigenvalue weighted by Gasteiger charge is -2.05. The minimum absolute atomic E-state index is 0.289. The first-order chi connectivity index (χ1) is 9.83. The van der Waals surface area contributed by atoms with Crippen LogP contribution >= 0.6 is 0 Å². The third-order valence-corrected chi connectivity index (χ3v) is 3.09. The molecule has 100 valence electrons. The lowest BCUT2D eigenvalue weighted by atomic mass is 10.1. The molecule has 1 aromatic heterocycles. The van der Waals surface area contributed by atoms with Crippen LogP contribution < -0.4 is 5.73 Å². The Labute approximate surface area is 117 Å². The van der Waals surface area contributed by atoms with Crippen molar-refractivity contribution in [2.24, 2.45) is 5.73 Å². The van der Waals surface area contributed by atoms with Crippen molar-refractivity contribution in [1.82, 2.24) is 10.1 Å². The molecule has 3 rings (SSSR count). The molecule has 4 heteroatoms. The second kappa shape index (κ2) is 5.67. The topological polar surface area (TPSA) is 64.9 Å². The molecule has 1 atom stereocenters. The van der Waals surface area contributed by atoms with Gasteiger partial charge in [0, 0.05) is 5.56 Å². The van der Waals surface area contributed by atoms with E-state index in [1.807, 2.05) is 60.7 Å². The van der Waals surface area contributed by atoms with E-state index in [2.05, 4.69) is 10.1 Å². The largest absolute Gasteiger partial charge is 0.337 e. The smallest absolute Gasteiger partial charge is 0.244 e. The van der Waals surface area contributed by atoms with Gasteiger partial charge in [0.05, 0.1) is 6.04 Å². The third-order valence-electron chi connectivity index (χ3n) is 3.09. The van der Waals surface area contributed by atoms with E-state index in [4.69, 9.17) is 10.3 Å². The standard InChI is InChI=1S/C16H15N3O/c17-14(11-12-7-3-1-4-8-12)16-18-15(19-20-16)13-9-5-2-6-10-13/h1-10,14H,11,17H2/t14-/m1/s1. The van der Waals surface area contributed by atoms with Crippen LogP contribution in [0.2, 0.25) is 0 Å². The monoisotopic (exact) mass is 265 g/mol. The van der Waals surface area contributed by atoms with Crippen LogP contribution in [-0.4, -0.2) is 10.1 Å². The number of nitrogens with zero attached hydrogens (tertiary/aromatic N) is 2. The highest BCUT2D eigenvalue weighted by Crippen LogP contribution is 2.19. The van der Waals surface area contributed by atoms with Gasteiger partial charge >= 0.3 is 0 Å². The van der Waals surface area contributed by atoms with Gasteiger partial charge in [-0.25, -0.2) is 0 Å². The first-order valence-corrected chi connectivity index (χ1v) is 6.51. The van der Waals surface area contributed by atoms with Gasteiger partial charge in [-0.3, -0.25) is 0 Å². The van der Waals surface area contributed by atoms with E-state index < -0.39 is 0 Å². The Kier molecular flexibility index (Phi) is 3.56. The molecule has 0 saturated carbocycles. The summed E-state index contributed by atoms with van der Waals surface area (Å²) in [5, 5.41) is 3.98. The zero-order chi connectivity index (χ0) is 13.8. The van der Waals surface area contributed by atoms with E-state index >= 15 is 0 Å². The molecule has 20 heavy (non-hydrogen) atoms.